The van der Waals surface area contributed by atoms with Gasteiger partial charge in [0.1, 0.15) is 12.2 Å². The van der Waals surface area contributed by atoms with Crippen LogP contribution in [0.3, 0.4) is 0 Å². The zero-order valence-corrected chi connectivity index (χ0v) is 5.06. The van der Waals surface area contributed by atoms with Crippen molar-refractivity contribution in [2.24, 2.45) is 0 Å². The van der Waals surface area contributed by atoms with E-state index >= 15 is 0 Å². The third-order valence-corrected chi connectivity index (χ3v) is 0. The van der Waals surface area contributed by atoms with Crippen molar-refractivity contribution in [1.82, 2.24) is 0 Å². The van der Waals surface area contributed by atoms with Crippen LogP contribution in [0, 0.1) is 0 Å². The van der Waals surface area contributed by atoms with Gasteiger partial charge in [0.2, 0.25) is 0 Å². The van der Waals surface area contributed by atoms with Gasteiger partial charge < -0.3 is 0 Å². The van der Waals surface area contributed by atoms with Gasteiger partial charge in [-0.2, -0.15) is 0 Å². The van der Waals surface area contributed by atoms with Crippen molar-refractivity contribution in [2.75, 3.05) is 0 Å². The summed E-state index contributed by atoms with van der Waals surface area (Å²) in [5.74, 6) is 0. The predicted molar refractivity (Wildman–Crippen MR) is 25.5 cm³/mol. The Morgan fingerprint density at radius 1 is 2.00 bits per heavy atom. The van der Waals surface area contributed by atoms with Crippen molar-refractivity contribution in [3.63, 3.8) is 0 Å². The van der Waals surface area contributed by atoms with Crippen molar-refractivity contribution in [2.45, 2.75) is 0 Å². The zero-order chi connectivity index (χ0) is 3.58. The summed E-state index contributed by atoms with van der Waals surface area (Å²) in [6.07, 6.45) is 0. The molecule has 0 spiro atoms. The molecule has 0 aromatic carbocycles. The van der Waals surface area contributed by atoms with Gasteiger partial charge in [-0.05, 0) is 4.57 Å². The molecule has 0 radical (unpaired) electrons. The van der Waals surface area contributed by atoms with Crippen molar-refractivity contribution < 1.29 is 4.57 Å². The van der Waals surface area contributed by atoms with Crippen LogP contribution < -0.4 is 0 Å². The summed E-state index contributed by atoms with van der Waals surface area (Å²) in [4.78, 5) is 0. The standard InChI is InChI=1S/BrOPS/c1-3(2)4/p+1. The Hall–Kier alpha value is 0.930. The number of rotatable bonds is 0. The number of hydrogen-bond acceptors (Lipinski definition) is 1. The van der Waals surface area contributed by atoms with Crippen LogP contribution in [0.5, 0.6) is 0 Å². The lowest BCUT2D eigenvalue weighted by atomic mass is 16.0. The average Bonchev–Trinajstić information content (AvgIpc) is 0.811. The quantitative estimate of drug-likeness (QED) is 0.423. The third kappa shape index (κ3) is 12.6. The van der Waals surface area contributed by atoms with E-state index in [0.717, 1.165) is 0 Å². The van der Waals surface area contributed by atoms with Crippen LogP contribution >= 0.6 is 33.4 Å². The minimum absolute atomic E-state index is 1.36. The normalized spacial score (nSPS) is 11.0. The van der Waals surface area contributed by atoms with Gasteiger partial charge in [0, 0.05) is 0 Å². The highest BCUT2D eigenvalue weighted by Gasteiger charge is 1.91. The molecular weight excluding hydrogens is 159 g/mol. The summed E-state index contributed by atoms with van der Waals surface area (Å²) in [6, 6.07) is 0. The van der Waals surface area contributed by atoms with Crippen LogP contribution in [-0.4, -0.2) is 0 Å². The van der Waals surface area contributed by atoms with Gasteiger partial charge >= 0.3 is 5.71 Å². The first-order valence-electron chi connectivity index (χ1n) is 0.552. The second kappa shape index (κ2) is 2.18. The van der Waals surface area contributed by atoms with Gasteiger partial charge in [-0.25, -0.2) is 0 Å². The highest BCUT2D eigenvalue weighted by molar-refractivity contribution is 9.45. The minimum Gasteiger partial charge on any atom is -0.0456 e. The lowest BCUT2D eigenvalue weighted by Crippen LogP contribution is -0.938. The molecule has 1 nitrogen and oxygen atoms in total. The average molecular weight is 160 g/mol. The first kappa shape index (κ1) is 4.93. The summed E-state index contributed by atoms with van der Waals surface area (Å²) in [5.41, 5.74) is -1.36. The molecule has 0 amide bonds. The van der Waals surface area contributed by atoms with Crippen molar-refractivity contribution in [1.29, 1.82) is 0 Å². The first-order valence-corrected chi connectivity index (χ1v) is 4.98. The molecule has 0 fully saturated rings. The maximum absolute atomic E-state index is 9.37. The Labute approximate surface area is 38.5 Å². The Morgan fingerprint density at radius 3 is 2.00 bits per heavy atom. The summed E-state index contributed by atoms with van der Waals surface area (Å²) in [7, 11) is 0. The van der Waals surface area contributed by atoms with Gasteiger partial charge in [0.15, 0.2) is 0 Å². The highest BCUT2D eigenvalue weighted by atomic mass is 79.9. The van der Waals surface area contributed by atoms with E-state index in [4.69, 9.17) is 0 Å². The molecule has 4 heteroatoms. The van der Waals surface area contributed by atoms with E-state index in [1.54, 1.807) is 0 Å². The monoisotopic (exact) mass is 159 g/mol. The van der Waals surface area contributed by atoms with E-state index in [1.165, 1.54) is 0 Å². The second-order valence-electron chi connectivity index (χ2n) is 0.226. The van der Waals surface area contributed by atoms with Gasteiger partial charge in [-0.15, -0.1) is 0 Å². The van der Waals surface area contributed by atoms with Crippen LogP contribution in [0.4, 0.5) is 0 Å². The molecule has 4 heavy (non-hydrogen) atoms. The van der Waals surface area contributed by atoms with Crippen LogP contribution in [0.2, 0.25) is 0 Å². The van der Waals surface area contributed by atoms with Gasteiger partial charge in [0.05, 0.1) is 0 Å². The number of hydrogen-bond donors (Lipinski definition) is 1. The van der Waals surface area contributed by atoms with Crippen molar-refractivity contribution in [3.05, 3.63) is 0 Å². The van der Waals surface area contributed by atoms with Crippen LogP contribution in [0.1, 0.15) is 0 Å². The fourth-order valence-electron chi connectivity index (χ4n) is 0. The van der Waals surface area contributed by atoms with E-state index < -0.39 is 5.71 Å². The fraction of sp³-hybridized carbons (Fsp3) is 0. The van der Waals surface area contributed by atoms with E-state index in [0.29, 0.717) is 0 Å². The molecule has 24 valence electrons. The lowest BCUT2D eigenvalue weighted by molar-refractivity contribution is 0.604. The molecule has 1 unspecified atom stereocenters. The smallest absolute Gasteiger partial charge is 0.0456 e. The van der Waals surface area contributed by atoms with E-state index in [-0.39, 0.29) is 0 Å². The molecule has 0 aliphatic rings. The van der Waals surface area contributed by atoms with Gasteiger partial charge in [-0.1, -0.05) is 0 Å². The Balaban J connectivity index is 2.80. The van der Waals surface area contributed by atoms with E-state index in [2.05, 4.69) is 27.7 Å². The lowest BCUT2D eigenvalue weighted by Gasteiger charge is -1.28. The highest BCUT2D eigenvalue weighted by Crippen LogP contribution is 2.33. The third-order valence-electron chi connectivity index (χ3n) is 0. The molecule has 1 atom stereocenters. The molecule has 0 aliphatic carbocycles. The molecule has 0 aromatic rings. The minimum atomic E-state index is -1.36. The van der Waals surface area contributed by atoms with Gasteiger partial charge in [-0.3, -0.25) is 0 Å². The number of halogens is 1. The molecule has 0 rings (SSSR count). The van der Waals surface area contributed by atoms with Crippen LogP contribution in [-0.2, 0) is 4.57 Å². The summed E-state index contributed by atoms with van der Waals surface area (Å²) in [5, 5.41) is 0. The van der Waals surface area contributed by atoms with E-state index in [1.807, 2.05) is 0 Å². The maximum Gasteiger partial charge on any atom is 0.486 e. The Kier molecular flexibility index (Phi) is 2.69. The van der Waals surface area contributed by atoms with Gasteiger partial charge in [0.25, 0.3) is 15.5 Å². The number of thiol groups is 1. The first-order chi connectivity index (χ1) is 1.73. The predicted octanol–water partition coefficient (Wildman–Crippen LogP) is 1.97. The summed E-state index contributed by atoms with van der Waals surface area (Å²) < 4.78 is 9.37. The molecule has 0 saturated heterocycles. The van der Waals surface area contributed by atoms with Crippen molar-refractivity contribution >= 4 is 33.4 Å². The SMILES string of the molecule is O=[P+](S)Br. The molecule has 0 aromatic heterocycles. The largest absolute Gasteiger partial charge is 0.486 e. The molecule has 0 N–H and O–H groups in total. The second-order valence-corrected chi connectivity index (χ2v) is 5.35. The molecule has 0 aliphatic heterocycles. The molecule has 0 heterocycles. The summed E-state index contributed by atoms with van der Waals surface area (Å²) in [6.45, 7) is 0. The van der Waals surface area contributed by atoms with Crippen LogP contribution in [0.15, 0.2) is 0 Å². The zero-order valence-electron chi connectivity index (χ0n) is 1.68. The summed E-state index contributed by atoms with van der Waals surface area (Å²) >= 11 is 6.04. The Morgan fingerprint density at radius 2 is 2.00 bits per heavy atom. The Bertz CT molecular complexity index is 31.0. The van der Waals surface area contributed by atoms with Crippen molar-refractivity contribution in [3.8, 4) is 0 Å². The fourth-order valence-corrected chi connectivity index (χ4v) is 0. The molecular formula is HBrOPS+. The van der Waals surface area contributed by atoms with E-state index in [9.17, 15) is 4.57 Å². The topological polar surface area (TPSA) is 17.1 Å². The molecule has 0 bridgehead atoms. The maximum atomic E-state index is 9.37. The molecule has 0 saturated carbocycles. The van der Waals surface area contributed by atoms with Crippen LogP contribution in [0.25, 0.3) is 0 Å².